The summed E-state index contributed by atoms with van der Waals surface area (Å²) in [7, 11) is 0. The summed E-state index contributed by atoms with van der Waals surface area (Å²) in [6.45, 7) is 6.64. The minimum absolute atomic E-state index is 0.167. The zero-order valence-corrected chi connectivity index (χ0v) is 12.7. The molecule has 2 aromatic carbocycles. The van der Waals surface area contributed by atoms with Gasteiger partial charge in [0.05, 0.1) is 0 Å². The standard InChI is InChI=1S/C18H17ClO/c1-18(2,3)14-6-4-12(5-7-14)17-11-13-10-15(19)8-9-16(13)20-17/h4-11H,1-3H3. The molecule has 0 radical (unpaired) electrons. The van der Waals surface area contributed by atoms with Gasteiger partial charge in [-0.05, 0) is 35.2 Å². The van der Waals surface area contributed by atoms with Gasteiger partial charge in [0, 0.05) is 16.0 Å². The van der Waals surface area contributed by atoms with E-state index in [1.807, 2.05) is 24.3 Å². The van der Waals surface area contributed by atoms with Crippen LogP contribution in [0.5, 0.6) is 0 Å². The van der Waals surface area contributed by atoms with Gasteiger partial charge in [0.15, 0.2) is 0 Å². The summed E-state index contributed by atoms with van der Waals surface area (Å²) >= 11 is 6.00. The number of fused-ring (bicyclic) bond motifs is 1. The van der Waals surface area contributed by atoms with E-state index in [0.717, 1.165) is 27.3 Å². The Morgan fingerprint density at radius 1 is 0.900 bits per heavy atom. The van der Waals surface area contributed by atoms with E-state index in [-0.39, 0.29) is 5.41 Å². The van der Waals surface area contributed by atoms with Gasteiger partial charge in [0.1, 0.15) is 11.3 Å². The van der Waals surface area contributed by atoms with Gasteiger partial charge in [-0.1, -0.05) is 56.6 Å². The lowest BCUT2D eigenvalue weighted by Crippen LogP contribution is -2.10. The minimum Gasteiger partial charge on any atom is -0.456 e. The molecule has 0 aliphatic heterocycles. The van der Waals surface area contributed by atoms with Crippen molar-refractivity contribution in [3.05, 3.63) is 59.1 Å². The van der Waals surface area contributed by atoms with Crippen molar-refractivity contribution < 1.29 is 4.42 Å². The molecule has 0 spiro atoms. The van der Waals surface area contributed by atoms with Gasteiger partial charge < -0.3 is 4.42 Å². The molecule has 3 rings (SSSR count). The maximum absolute atomic E-state index is 6.00. The lowest BCUT2D eigenvalue weighted by molar-refractivity contribution is 0.590. The average molecular weight is 285 g/mol. The molecule has 102 valence electrons. The Balaban J connectivity index is 2.02. The minimum atomic E-state index is 0.167. The predicted octanol–water partition coefficient (Wildman–Crippen LogP) is 6.05. The van der Waals surface area contributed by atoms with Crippen LogP contribution in [0, 0.1) is 0 Å². The van der Waals surface area contributed by atoms with Crippen LogP contribution in [0.25, 0.3) is 22.3 Å². The van der Waals surface area contributed by atoms with Crippen molar-refractivity contribution in [3.8, 4) is 11.3 Å². The van der Waals surface area contributed by atoms with Crippen molar-refractivity contribution in [2.45, 2.75) is 26.2 Å². The Kier molecular flexibility index (Phi) is 3.10. The summed E-state index contributed by atoms with van der Waals surface area (Å²) in [6.07, 6.45) is 0. The Morgan fingerprint density at radius 3 is 2.25 bits per heavy atom. The highest BCUT2D eigenvalue weighted by atomic mass is 35.5. The van der Waals surface area contributed by atoms with E-state index < -0.39 is 0 Å². The fourth-order valence-corrected chi connectivity index (χ4v) is 2.47. The fraction of sp³-hybridized carbons (Fsp3) is 0.222. The Hall–Kier alpha value is -1.73. The molecule has 3 aromatic rings. The molecule has 0 aliphatic rings. The lowest BCUT2D eigenvalue weighted by Gasteiger charge is -2.18. The number of furan rings is 1. The summed E-state index contributed by atoms with van der Waals surface area (Å²) in [4.78, 5) is 0. The second-order valence-corrected chi connectivity index (χ2v) is 6.56. The van der Waals surface area contributed by atoms with E-state index in [1.165, 1.54) is 5.56 Å². The Morgan fingerprint density at radius 2 is 1.60 bits per heavy atom. The molecule has 0 N–H and O–H groups in total. The quantitative estimate of drug-likeness (QED) is 0.530. The number of hydrogen-bond donors (Lipinski definition) is 0. The lowest BCUT2D eigenvalue weighted by atomic mass is 9.86. The van der Waals surface area contributed by atoms with Crippen molar-refractivity contribution in [2.24, 2.45) is 0 Å². The van der Waals surface area contributed by atoms with Crippen LogP contribution in [0.15, 0.2) is 52.9 Å². The fourth-order valence-electron chi connectivity index (χ4n) is 2.29. The maximum Gasteiger partial charge on any atom is 0.135 e. The van der Waals surface area contributed by atoms with Crippen LogP contribution in [0.2, 0.25) is 5.02 Å². The van der Waals surface area contributed by atoms with Gasteiger partial charge in [0.25, 0.3) is 0 Å². The highest BCUT2D eigenvalue weighted by Gasteiger charge is 2.14. The van der Waals surface area contributed by atoms with Crippen LogP contribution in [-0.4, -0.2) is 0 Å². The van der Waals surface area contributed by atoms with E-state index >= 15 is 0 Å². The summed E-state index contributed by atoms with van der Waals surface area (Å²) < 4.78 is 5.88. The molecule has 1 aromatic heterocycles. The molecule has 0 unspecified atom stereocenters. The van der Waals surface area contributed by atoms with Crippen LogP contribution >= 0.6 is 11.6 Å². The van der Waals surface area contributed by atoms with Crippen LogP contribution in [0.4, 0.5) is 0 Å². The molecule has 1 heterocycles. The van der Waals surface area contributed by atoms with Crippen LogP contribution in [-0.2, 0) is 5.41 Å². The first-order chi connectivity index (χ1) is 9.43. The normalized spacial score (nSPS) is 12.0. The Bertz CT molecular complexity index is 745. The summed E-state index contributed by atoms with van der Waals surface area (Å²) in [5.41, 5.74) is 3.44. The van der Waals surface area contributed by atoms with Crippen LogP contribution in [0.1, 0.15) is 26.3 Å². The van der Waals surface area contributed by atoms with E-state index in [1.54, 1.807) is 0 Å². The number of hydrogen-bond acceptors (Lipinski definition) is 1. The smallest absolute Gasteiger partial charge is 0.135 e. The second-order valence-electron chi connectivity index (χ2n) is 6.12. The van der Waals surface area contributed by atoms with E-state index in [2.05, 4.69) is 45.0 Å². The van der Waals surface area contributed by atoms with Gasteiger partial charge >= 0.3 is 0 Å². The van der Waals surface area contributed by atoms with Crippen molar-refractivity contribution in [1.82, 2.24) is 0 Å². The van der Waals surface area contributed by atoms with Crippen molar-refractivity contribution in [2.75, 3.05) is 0 Å². The first kappa shape index (κ1) is 13.3. The van der Waals surface area contributed by atoms with Gasteiger partial charge in [-0.25, -0.2) is 0 Å². The summed E-state index contributed by atoms with van der Waals surface area (Å²) in [6, 6.07) is 16.3. The van der Waals surface area contributed by atoms with E-state index in [9.17, 15) is 0 Å². The third-order valence-electron chi connectivity index (χ3n) is 3.51. The predicted molar refractivity (Wildman–Crippen MR) is 85.4 cm³/mol. The SMILES string of the molecule is CC(C)(C)c1ccc(-c2cc3cc(Cl)ccc3o2)cc1. The zero-order valence-electron chi connectivity index (χ0n) is 11.9. The highest BCUT2D eigenvalue weighted by Crippen LogP contribution is 2.31. The topological polar surface area (TPSA) is 13.1 Å². The molecule has 0 fully saturated rings. The summed E-state index contributed by atoms with van der Waals surface area (Å²) in [5, 5.41) is 1.76. The van der Waals surface area contributed by atoms with Gasteiger partial charge in [-0.3, -0.25) is 0 Å². The van der Waals surface area contributed by atoms with Gasteiger partial charge in [-0.15, -0.1) is 0 Å². The largest absolute Gasteiger partial charge is 0.456 e. The highest BCUT2D eigenvalue weighted by molar-refractivity contribution is 6.31. The third-order valence-corrected chi connectivity index (χ3v) is 3.75. The molecule has 20 heavy (non-hydrogen) atoms. The van der Waals surface area contributed by atoms with Crippen molar-refractivity contribution in [1.29, 1.82) is 0 Å². The number of halogens is 1. The Labute approximate surface area is 124 Å². The molecule has 0 saturated carbocycles. The monoisotopic (exact) mass is 284 g/mol. The molecule has 0 aliphatic carbocycles. The summed E-state index contributed by atoms with van der Waals surface area (Å²) in [5.74, 6) is 0.878. The number of benzene rings is 2. The maximum atomic E-state index is 6.00. The number of rotatable bonds is 1. The van der Waals surface area contributed by atoms with Gasteiger partial charge in [0.2, 0.25) is 0 Å². The van der Waals surface area contributed by atoms with Gasteiger partial charge in [-0.2, -0.15) is 0 Å². The first-order valence-corrected chi connectivity index (χ1v) is 7.11. The van der Waals surface area contributed by atoms with E-state index in [4.69, 9.17) is 16.0 Å². The van der Waals surface area contributed by atoms with Crippen LogP contribution in [0.3, 0.4) is 0 Å². The molecule has 0 atom stereocenters. The third kappa shape index (κ3) is 2.46. The molecular weight excluding hydrogens is 268 g/mol. The van der Waals surface area contributed by atoms with E-state index in [0.29, 0.717) is 0 Å². The molecule has 0 saturated heterocycles. The molecule has 1 nitrogen and oxygen atoms in total. The van der Waals surface area contributed by atoms with Crippen molar-refractivity contribution in [3.63, 3.8) is 0 Å². The molecule has 2 heteroatoms. The van der Waals surface area contributed by atoms with Crippen molar-refractivity contribution >= 4 is 22.6 Å². The zero-order chi connectivity index (χ0) is 14.3. The van der Waals surface area contributed by atoms with Crippen LogP contribution < -0.4 is 0 Å². The second kappa shape index (κ2) is 4.68. The molecule has 0 bridgehead atoms. The molecular formula is C18H17ClO. The first-order valence-electron chi connectivity index (χ1n) is 6.73. The average Bonchev–Trinajstić information content (AvgIpc) is 2.80. The molecule has 0 amide bonds.